The summed E-state index contributed by atoms with van der Waals surface area (Å²) in [5, 5.41) is 0. The highest BCUT2D eigenvalue weighted by Gasteiger charge is 2.06. The van der Waals surface area contributed by atoms with Crippen molar-refractivity contribution in [3.8, 4) is 5.75 Å². The monoisotopic (exact) mass is 320 g/mol. The minimum Gasteiger partial charge on any atom is -0.434 e. The smallest absolute Gasteiger partial charge is 0.434 e. The first kappa shape index (κ1) is 12.3. The fraction of sp³-hybridized carbons (Fsp3) is 0.364. The van der Waals surface area contributed by atoms with E-state index < -0.39 is 6.16 Å². The van der Waals surface area contributed by atoms with E-state index in [4.69, 9.17) is 9.47 Å². The molecule has 0 saturated carbocycles. The molecule has 0 atom stereocenters. The van der Waals surface area contributed by atoms with Gasteiger partial charge in [-0.05, 0) is 52.8 Å². The molecule has 0 unspecified atom stereocenters. The van der Waals surface area contributed by atoms with Gasteiger partial charge in [0.1, 0.15) is 5.75 Å². The predicted octanol–water partition coefficient (Wildman–Crippen LogP) is 3.46. The Morgan fingerprint density at radius 2 is 1.93 bits per heavy atom. The highest BCUT2D eigenvalue weighted by Crippen LogP contribution is 2.14. The van der Waals surface area contributed by atoms with E-state index in [1.54, 1.807) is 12.1 Å². The number of hydrogen-bond donors (Lipinski definition) is 0. The van der Waals surface area contributed by atoms with Gasteiger partial charge in [0.05, 0.1) is 6.61 Å². The van der Waals surface area contributed by atoms with Gasteiger partial charge >= 0.3 is 6.16 Å². The van der Waals surface area contributed by atoms with Gasteiger partial charge in [-0.15, -0.1) is 0 Å². The second kappa shape index (κ2) is 5.95. The molecule has 0 bridgehead atoms. The van der Waals surface area contributed by atoms with Crippen molar-refractivity contribution in [2.75, 3.05) is 6.61 Å². The van der Waals surface area contributed by atoms with E-state index in [9.17, 15) is 4.79 Å². The molecule has 4 heteroatoms. The molecular formula is C11H13IO3. The Morgan fingerprint density at radius 1 is 1.33 bits per heavy atom. The molecule has 0 amide bonds. The molecule has 1 aromatic carbocycles. The molecule has 0 saturated heterocycles. The van der Waals surface area contributed by atoms with Gasteiger partial charge in [0.15, 0.2) is 0 Å². The average Bonchev–Trinajstić information content (AvgIpc) is 2.19. The SMILES string of the molecule is CC(C)COC(=O)Oc1ccc(I)cc1. The van der Waals surface area contributed by atoms with Crippen LogP contribution in [0, 0.1) is 9.49 Å². The third kappa shape index (κ3) is 5.01. The first-order valence-corrected chi connectivity index (χ1v) is 5.76. The van der Waals surface area contributed by atoms with Crippen molar-refractivity contribution in [1.29, 1.82) is 0 Å². The Kier molecular flexibility index (Phi) is 4.87. The van der Waals surface area contributed by atoms with Gasteiger partial charge < -0.3 is 9.47 Å². The zero-order chi connectivity index (χ0) is 11.3. The quantitative estimate of drug-likeness (QED) is 0.486. The molecule has 0 N–H and O–H groups in total. The minimum atomic E-state index is -0.648. The van der Waals surface area contributed by atoms with Crippen LogP contribution in [-0.4, -0.2) is 12.8 Å². The van der Waals surface area contributed by atoms with Gasteiger partial charge in [-0.25, -0.2) is 4.79 Å². The van der Waals surface area contributed by atoms with E-state index in [-0.39, 0.29) is 0 Å². The predicted molar refractivity (Wildman–Crippen MR) is 66.0 cm³/mol. The topological polar surface area (TPSA) is 35.5 Å². The summed E-state index contributed by atoms with van der Waals surface area (Å²) in [6.45, 7) is 4.32. The van der Waals surface area contributed by atoms with Gasteiger partial charge in [0.25, 0.3) is 0 Å². The molecule has 3 nitrogen and oxygen atoms in total. The number of rotatable bonds is 3. The van der Waals surface area contributed by atoms with Crippen molar-refractivity contribution >= 4 is 28.7 Å². The van der Waals surface area contributed by atoms with Crippen LogP contribution in [0.15, 0.2) is 24.3 Å². The third-order valence-electron chi connectivity index (χ3n) is 1.55. The summed E-state index contributed by atoms with van der Waals surface area (Å²) in [5.74, 6) is 0.818. The summed E-state index contributed by atoms with van der Waals surface area (Å²) in [5.41, 5.74) is 0. The van der Waals surface area contributed by atoms with Crippen LogP contribution >= 0.6 is 22.6 Å². The van der Waals surface area contributed by atoms with E-state index in [2.05, 4.69) is 22.6 Å². The number of carbonyl (C=O) groups excluding carboxylic acids is 1. The van der Waals surface area contributed by atoms with E-state index in [1.165, 1.54) is 0 Å². The lowest BCUT2D eigenvalue weighted by Gasteiger charge is -2.07. The summed E-state index contributed by atoms with van der Waals surface area (Å²) < 4.78 is 10.9. The van der Waals surface area contributed by atoms with Crippen molar-refractivity contribution in [2.24, 2.45) is 5.92 Å². The van der Waals surface area contributed by atoms with Crippen molar-refractivity contribution in [3.63, 3.8) is 0 Å². The molecule has 1 aromatic rings. The zero-order valence-electron chi connectivity index (χ0n) is 8.70. The van der Waals surface area contributed by atoms with Crippen LogP contribution in [0.3, 0.4) is 0 Å². The van der Waals surface area contributed by atoms with Crippen molar-refractivity contribution < 1.29 is 14.3 Å². The first-order chi connectivity index (χ1) is 7.08. The molecule has 0 aromatic heterocycles. The fourth-order valence-electron chi connectivity index (χ4n) is 0.863. The Morgan fingerprint density at radius 3 is 2.47 bits per heavy atom. The maximum atomic E-state index is 11.2. The summed E-state index contributed by atoms with van der Waals surface area (Å²) in [7, 11) is 0. The molecule has 15 heavy (non-hydrogen) atoms. The van der Waals surface area contributed by atoms with Gasteiger partial charge in [-0.2, -0.15) is 0 Å². The third-order valence-corrected chi connectivity index (χ3v) is 2.27. The molecule has 0 aliphatic carbocycles. The molecular weight excluding hydrogens is 307 g/mol. The lowest BCUT2D eigenvalue weighted by Crippen LogP contribution is -2.14. The number of halogens is 1. The van der Waals surface area contributed by atoms with E-state index in [0.29, 0.717) is 18.3 Å². The second-order valence-corrected chi connectivity index (χ2v) is 4.76. The summed E-state index contributed by atoms with van der Waals surface area (Å²) in [6, 6.07) is 7.20. The molecule has 1 rings (SSSR count). The molecule has 0 aliphatic rings. The van der Waals surface area contributed by atoms with E-state index in [1.807, 2.05) is 26.0 Å². The highest BCUT2D eigenvalue weighted by atomic mass is 127. The number of ether oxygens (including phenoxy) is 2. The highest BCUT2D eigenvalue weighted by molar-refractivity contribution is 14.1. The Hall–Kier alpha value is -0.780. The van der Waals surface area contributed by atoms with Crippen molar-refractivity contribution in [1.82, 2.24) is 0 Å². The normalized spacial score (nSPS) is 10.1. The first-order valence-electron chi connectivity index (χ1n) is 4.68. The standard InChI is InChI=1S/C11H13IO3/c1-8(2)7-14-11(13)15-10-5-3-9(12)4-6-10/h3-6,8H,7H2,1-2H3. The van der Waals surface area contributed by atoms with Crippen molar-refractivity contribution in [2.45, 2.75) is 13.8 Å². The van der Waals surface area contributed by atoms with Crippen LogP contribution in [0.5, 0.6) is 5.75 Å². The van der Waals surface area contributed by atoms with E-state index in [0.717, 1.165) is 3.57 Å². The number of benzene rings is 1. The molecule has 82 valence electrons. The molecule has 0 radical (unpaired) electrons. The molecule has 0 spiro atoms. The van der Waals surface area contributed by atoms with Gasteiger partial charge in [-0.3, -0.25) is 0 Å². The van der Waals surface area contributed by atoms with Crippen LogP contribution in [0.2, 0.25) is 0 Å². The molecule has 0 aliphatic heterocycles. The maximum absolute atomic E-state index is 11.2. The summed E-state index contributed by atoms with van der Waals surface area (Å²) in [4.78, 5) is 11.2. The average molecular weight is 320 g/mol. The molecule has 0 heterocycles. The van der Waals surface area contributed by atoms with Crippen LogP contribution in [-0.2, 0) is 4.74 Å². The Balaban J connectivity index is 2.41. The minimum absolute atomic E-state index is 0.314. The fourth-order valence-corrected chi connectivity index (χ4v) is 1.22. The lowest BCUT2D eigenvalue weighted by atomic mass is 10.2. The number of carbonyl (C=O) groups is 1. The molecule has 0 fully saturated rings. The van der Waals surface area contributed by atoms with Gasteiger partial charge in [0, 0.05) is 3.57 Å². The van der Waals surface area contributed by atoms with Crippen LogP contribution in [0.25, 0.3) is 0 Å². The zero-order valence-corrected chi connectivity index (χ0v) is 10.9. The van der Waals surface area contributed by atoms with Crippen molar-refractivity contribution in [3.05, 3.63) is 27.8 Å². The van der Waals surface area contributed by atoms with E-state index >= 15 is 0 Å². The lowest BCUT2D eigenvalue weighted by molar-refractivity contribution is 0.0885. The maximum Gasteiger partial charge on any atom is 0.513 e. The summed E-state index contributed by atoms with van der Waals surface area (Å²) >= 11 is 2.18. The Bertz CT molecular complexity index is 319. The Labute approximate surface area is 103 Å². The number of hydrogen-bond acceptors (Lipinski definition) is 3. The van der Waals surface area contributed by atoms with Crippen LogP contribution < -0.4 is 4.74 Å². The second-order valence-electron chi connectivity index (χ2n) is 3.51. The largest absolute Gasteiger partial charge is 0.513 e. The summed E-state index contributed by atoms with van der Waals surface area (Å²) in [6.07, 6.45) is -0.648. The van der Waals surface area contributed by atoms with Crippen LogP contribution in [0.1, 0.15) is 13.8 Å². The van der Waals surface area contributed by atoms with Gasteiger partial charge in [0.2, 0.25) is 0 Å². The van der Waals surface area contributed by atoms with Gasteiger partial charge in [-0.1, -0.05) is 13.8 Å². The van der Waals surface area contributed by atoms with Crippen LogP contribution in [0.4, 0.5) is 4.79 Å².